The summed E-state index contributed by atoms with van der Waals surface area (Å²) in [7, 11) is 1.72. The molecule has 0 aromatic rings. The van der Waals surface area contributed by atoms with Crippen LogP contribution in [0.25, 0.3) is 0 Å². The van der Waals surface area contributed by atoms with Crippen LogP contribution in [0.15, 0.2) is 0 Å². The Balaban J connectivity index is 1.75. The lowest BCUT2D eigenvalue weighted by Crippen LogP contribution is -2.57. The molecule has 0 heterocycles. The Kier molecular flexibility index (Phi) is 3.30. The van der Waals surface area contributed by atoms with Gasteiger partial charge in [0.15, 0.2) is 0 Å². The maximum atomic E-state index is 12.7. The summed E-state index contributed by atoms with van der Waals surface area (Å²) in [4.78, 5) is 26.1. The number of nitrogens with zero attached hydrogens (tertiary/aromatic N) is 1. The van der Waals surface area contributed by atoms with Gasteiger partial charge in [0.05, 0.1) is 0 Å². The van der Waals surface area contributed by atoms with E-state index >= 15 is 0 Å². The third kappa shape index (κ3) is 1.95. The molecule has 3 rings (SSSR count). The molecule has 1 N–H and O–H groups in total. The highest BCUT2D eigenvalue weighted by Crippen LogP contribution is 2.63. The Morgan fingerprint density at radius 2 is 1.55 bits per heavy atom. The van der Waals surface area contributed by atoms with Crippen LogP contribution in [0.2, 0.25) is 0 Å². The number of carboxylic acids is 1. The van der Waals surface area contributed by atoms with Gasteiger partial charge in [-0.25, -0.2) is 4.79 Å². The molecule has 1 spiro atoms. The lowest BCUT2D eigenvalue weighted by atomic mass is 9.80. The second-order valence-corrected chi connectivity index (χ2v) is 7.12. The topological polar surface area (TPSA) is 57.6 Å². The van der Waals surface area contributed by atoms with Gasteiger partial charge in [-0.2, -0.15) is 0 Å². The van der Waals surface area contributed by atoms with Crippen molar-refractivity contribution in [1.82, 2.24) is 4.90 Å². The molecule has 1 atom stereocenters. The first kappa shape index (κ1) is 13.9. The molecule has 4 nitrogen and oxygen atoms in total. The summed E-state index contributed by atoms with van der Waals surface area (Å²) in [5.74, 6) is -0.612. The average Bonchev–Trinajstić information content (AvgIpc) is 2.95. The minimum absolute atomic E-state index is 0.0937. The van der Waals surface area contributed by atoms with Crippen molar-refractivity contribution in [1.29, 1.82) is 0 Å². The van der Waals surface area contributed by atoms with Crippen LogP contribution in [-0.4, -0.2) is 34.5 Å². The largest absolute Gasteiger partial charge is 0.479 e. The minimum Gasteiger partial charge on any atom is -0.479 e. The highest BCUT2D eigenvalue weighted by atomic mass is 16.4. The number of amides is 1. The van der Waals surface area contributed by atoms with Crippen molar-refractivity contribution < 1.29 is 14.7 Å². The molecule has 0 aromatic carbocycles. The minimum atomic E-state index is -0.933. The van der Waals surface area contributed by atoms with Crippen LogP contribution in [0.4, 0.5) is 0 Å². The van der Waals surface area contributed by atoms with Crippen molar-refractivity contribution in [3.63, 3.8) is 0 Å². The third-order valence-electron chi connectivity index (χ3n) is 6.14. The average molecular weight is 279 g/mol. The number of carboxylic acid groups (broad SMARTS) is 1. The molecule has 1 amide bonds. The molecule has 3 aliphatic carbocycles. The smallest absolute Gasteiger partial charge is 0.329 e. The number of rotatable bonds is 3. The number of carbonyl (C=O) groups excluding carboxylic acids is 1. The Hall–Kier alpha value is -1.06. The van der Waals surface area contributed by atoms with Gasteiger partial charge >= 0.3 is 5.97 Å². The first-order valence-corrected chi connectivity index (χ1v) is 8.03. The molecule has 0 radical (unpaired) electrons. The molecule has 0 bridgehead atoms. The standard InChI is InChI=1S/C16H25NO3/c1-17(16(14(19)20)9-3-2-4-10-16)13(18)12-11-15(12)7-5-6-8-15/h12H,2-11H2,1H3,(H,19,20). The lowest BCUT2D eigenvalue weighted by Gasteiger charge is -2.41. The molecule has 0 saturated heterocycles. The summed E-state index contributed by atoms with van der Waals surface area (Å²) in [6, 6.07) is 0. The Morgan fingerprint density at radius 3 is 2.10 bits per heavy atom. The Bertz CT molecular complexity index is 419. The van der Waals surface area contributed by atoms with Crippen molar-refractivity contribution in [3.8, 4) is 0 Å². The number of hydrogen-bond acceptors (Lipinski definition) is 2. The van der Waals surface area contributed by atoms with E-state index in [2.05, 4.69) is 0 Å². The molecule has 112 valence electrons. The summed E-state index contributed by atoms with van der Waals surface area (Å²) >= 11 is 0. The van der Waals surface area contributed by atoms with Crippen LogP contribution in [0.1, 0.15) is 64.2 Å². The normalized spacial score (nSPS) is 30.1. The fraction of sp³-hybridized carbons (Fsp3) is 0.875. The molecular formula is C16H25NO3. The van der Waals surface area contributed by atoms with Gasteiger partial charge < -0.3 is 10.0 Å². The van der Waals surface area contributed by atoms with Crippen molar-refractivity contribution in [2.45, 2.75) is 69.7 Å². The monoisotopic (exact) mass is 279 g/mol. The predicted octanol–water partition coefficient (Wildman–Crippen LogP) is 2.81. The van der Waals surface area contributed by atoms with Crippen molar-refractivity contribution in [3.05, 3.63) is 0 Å². The first-order valence-electron chi connectivity index (χ1n) is 8.03. The predicted molar refractivity (Wildman–Crippen MR) is 75.2 cm³/mol. The van der Waals surface area contributed by atoms with Crippen LogP contribution >= 0.6 is 0 Å². The third-order valence-corrected chi connectivity index (χ3v) is 6.14. The fourth-order valence-corrected chi connectivity index (χ4v) is 4.60. The Morgan fingerprint density at radius 1 is 1.00 bits per heavy atom. The highest BCUT2D eigenvalue weighted by Gasteiger charge is 2.61. The maximum absolute atomic E-state index is 12.7. The highest BCUT2D eigenvalue weighted by molar-refractivity contribution is 5.90. The second-order valence-electron chi connectivity index (χ2n) is 7.12. The van der Waals surface area contributed by atoms with Gasteiger partial charge in [-0.3, -0.25) is 4.79 Å². The van der Waals surface area contributed by atoms with E-state index in [-0.39, 0.29) is 17.2 Å². The quantitative estimate of drug-likeness (QED) is 0.864. The van der Waals surface area contributed by atoms with E-state index in [0.717, 1.165) is 38.5 Å². The molecule has 0 aromatic heterocycles. The number of hydrogen-bond donors (Lipinski definition) is 1. The molecule has 4 heteroatoms. The first-order chi connectivity index (χ1) is 9.52. The maximum Gasteiger partial charge on any atom is 0.329 e. The van der Waals surface area contributed by atoms with Gasteiger partial charge in [0.2, 0.25) is 5.91 Å². The molecule has 0 aliphatic heterocycles. The zero-order chi connectivity index (χ0) is 14.4. The zero-order valence-electron chi connectivity index (χ0n) is 12.4. The van der Waals surface area contributed by atoms with Gasteiger partial charge in [0.1, 0.15) is 5.54 Å². The SMILES string of the molecule is CN(C(=O)C1CC12CCCC2)C1(C(=O)O)CCCCC1. The van der Waals surface area contributed by atoms with Gasteiger partial charge in [-0.15, -0.1) is 0 Å². The van der Waals surface area contributed by atoms with E-state index in [1.165, 1.54) is 12.8 Å². The summed E-state index contributed by atoms with van der Waals surface area (Å²) in [5, 5.41) is 9.67. The number of likely N-dealkylation sites (N-methyl/N-ethyl adjacent to an activating group) is 1. The second kappa shape index (κ2) is 4.74. The van der Waals surface area contributed by atoms with Gasteiger partial charge in [0.25, 0.3) is 0 Å². The van der Waals surface area contributed by atoms with Crippen molar-refractivity contribution in [2.75, 3.05) is 7.05 Å². The van der Waals surface area contributed by atoms with Crippen LogP contribution in [0.5, 0.6) is 0 Å². The van der Waals surface area contributed by atoms with E-state index in [1.54, 1.807) is 11.9 Å². The summed E-state index contributed by atoms with van der Waals surface area (Å²) in [5.41, 5.74) is -0.683. The van der Waals surface area contributed by atoms with Crippen LogP contribution in [0.3, 0.4) is 0 Å². The van der Waals surface area contributed by atoms with Crippen LogP contribution < -0.4 is 0 Å². The molecule has 3 aliphatic rings. The summed E-state index contributed by atoms with van der Waals surface area (Å²) in [6.07, 6.45) is 9.94. The zero-order valence-corrected chi connectivity index (χ0v) is 12.4. The lowest BCUT2D eigenvalue weighted by molar-refractivity contribution is -0.161. The fourth-order valence-electron chi connectivity index (χ4n) is 4.60. The Labute approximate surface area is 120 Å². The summed E-state index contributed by atoms with van der Waals surface area (Å²) < 4.78 is 0. The van der Waals surface area contributed by atoms with E-state index < -0.39 is 11.5 Å². The molecule has 1 unspecified atom stereocenters. The van der Waals surface area contributed by atoms with Gasteiger partial charge in [0, 0.05) is 13.0 Å². The van der Waals surface area contributed by atoms with Gasteiger partial charge in [-0.05, 0) is 37.5 Å². The van der Waals surface area contributed by atoms with E-state index in [9.17, 15) is 14.7 Å². The molecule has 3 saturated carbocycles. The van der Waals surface area contributed by atoms with E-state index in [4.69, 9.17) is 0 Å². The van der Waals surface area contributed by atoms with E-state index in [1.807, 2.05) is 0 Å². The summed E-state index contributed by atoms with van der Waals surface area (Å²) in [6.45, 7) is 0. The van der Waals surface area contributed by atoms with Crippen LogP contribution in [-0.2, 0) is 9.59 Å². The van der Waals surface area contributed by atoms with Gasteiger partial charge in [-0.1, -0.05) is 32.1 Å². The van der Waals surface area contributed by atoms with Crippen LogP contribution in [0, 0.1) is 11.3 Å². The van der Waals surface area contributed by atoms with Crippen molar-refractivity contribution in [2.24, 2.45) is 11.3 Å². The molecule has 3 fully saturated rings. The number of aliphatic carboxylic acids is 1. The van der Waals surface area contributed by atoms with Crippen molar-refractivity contribution >= 4 is 11.9 Å². The molecule has 20 heavy (non-hydrogen) atoms. The molecular weight excluding hydrogens is 254 g/mol. The number of carbonyl (C=O) groups is 2. The van der Waals surface area contributed by atoms with E-state index in [0.29, 0.717) is 12.8 Å².